The molecule has 7 heteroatoms. The SMILES string of the molecule is C=CCN1C(=O)[C@@]2(CC(=O)Nc3c2cnn3-c2ccccc2C)c2c(Cl)cccc21. The highest BCUT2D eigenvalue weighted by Crippen LogP contribution is 2.54. The second-order valence-electron chi connectivity index (χ2n) is 7.57. The van der Waals surface area contributed by atoms with Crippen LogP contribution in [0.1, 0.15) is 23.1 Å². The van der Waals surface area contributed by atoms with Gasteiger partial charge in [-0.2, -0.15) is 5.10 Å². The topological polar surface area (TPSA) is 67.2 Å². The van der Waals surface area contributed by atoms with Gasteiger partial charge in [0.05, 0.1) is 17.6 Å². The number of nitrogens with zero attached hydrogens (tertiary/aromatic N) is 3. The van der Waals surface area contributed by atoms with E-state index in [9.17, 15) is 9.59 Å². The van der Waals surface area contributed by atoms with E-state index in [1.165, 1.54) is 0 Å². The van der Waals surface area contributed by atoms with Crippen molar-refractivity contribution in [2.45, 2.75) is 18.8 Å². The molecule has 3 heterocycles. The molecule has 0 saturated heterocycles. The zero-order valence-electron chi connectivity index (χ0n) is 16.4. The number of carbonyl (C=O) groups excluding carboxylic acids is 2. The number of aromatic nitrogens is 2. The van der Waals surface area contributed by atoms with Crippen LogP contribution in [-0.4, -0.2) is 28.1 Å². The minimum Gasteiger partial charge on any atom is -0.310 e. The Hall–Kier alpha value is -3.38. The van der Waals surface area contributed by atoms with Gasteiger partial charge in [-0.05, 0) is 30.7 Å². The molecule has 30 heavy (non-hydrogen) atoms. The van der Waals surface area contributed by atoms with Crippen LogP contribution in [0.4, 0.5) is 11.5 Å². The molecular weight excluding hydrogens is 400 g/mol. The highest BCUT2D eigenvalue weighted by Gasteiger charge is 2.58. The lowest BCUT2D eigenvalue weighted by Crippen LogP contribution is -2.46. The van der Waals surface area contributed by atoms with Gasteiger partial charge in [-0.1, -0.05) is 41.9 Å². The number of nitrogens with one attached hydrogen (secondary N) is 1. The molecule has 5 rings (SSSR count). The first-order valence-electron chi connectivity index (χ1n) is 9.65. The van der Waals surface area contributed by atoms with Crippen LogP contribution >= 0.6 is 11.6 Å². The Labute approximate surface area is 178 Å². The average Bonchev–Trinajstić information content (AvgIpc) is 3.23. The number of halogens is 1. The van der Waals surface area contributed by atoms with Gasteiger partial charge >= 0.3 is 0 Å². The van der Waals surface area contributed by atoms with Crippen LogP contribution in [0.3, 0.4) is 0 Å². The van der Waals surface area contributed by atoms with Crippen LogP contribution in [0.25, 0.3) is 5.69 Å². The van der Waals surface area contributed by atoms with Crippen molar-refractivity contribution in [3.63, 3.8) is 0 Å². The van der Waals surface area contributed by atoms with E-state index in [2.05, 4.69) is 17.0 Å². The van der Waals surface area contributed by atoms with Gasteiger partial charge < -0.3 is 10.2 Å². The number of para-hydroxylation sites is 1. The maximum Gasteiger partial charge on any atom is 0.243 e. The van der Waals surface area contributed by atoms with E-state index in [1.54, 1.807) is 27.9 Å². The lowest BCUT2D eigenvalue weighted by Gasteiger charge is -2.32. The van der Waals surface area contributed by atoms with Gasteiger partial charge in [0.25, 0.3) is 0 Å². The number of anilines is 2. The Morgan fingerprint density at radius 1 is 1.20 bits per heavy atom. The summed E-state index contributed by atoms with van der Waals surface area (Å²) in [6.07, 6.45) is 3.31. The van der Waals surface area contributed by atoms with E-state index in [0.717, 1.165) is 11.3 Å². The lowest BCUT2D eigenvalue weighted by molar-refractivity contribution is -0.126. The fourth-order valence-electron chi connectivity index (χ4n) is 4.61. The van der Waals surface area contributed by atoms with Gasteiger partial charge in [0.2, 0.25) is 11.8 Å². The lowest BCUT2D eigenvalue weighted by atomic mass is 9.71. The van der Waals surface area contributed by atoms with Crippen molar-refractivity contribution in [3.8, 4) is 5.69 Å². The van der Waals surface area contributed by atoms with Crippen LogP contribution in [0, 0.1) is 6.92 Å². The van der Waals surface area contributed by atoms with E-state index < -0.39 is 5.41 Å². The highest BCUT2D eigenvalue weighted by atomic mass is 35.5. The van der Waals surface area contributed by atoms with E-state index in [4.69, 9.17) is 11.6 Å². The molecule has 6 nitrogen and oxygen atoms in total. The number of hydrogen-bond acceptors (Lipinski definition) is 3. The first-order chi connectivity index (χ1) is 14.5. The first kappa shape index (κ1) is 18.6. The molecule has 1 N–H and O–H groups in total. The molecule has 0 fully saturated rings. The van der Waals surface area contributed by atoms with Crippen LogP contribution in [0.2, 0.25) is 5.02 Å². The standard InChI is InChI=1S/C23H19ClN4O2/c1-3-11-27-18-10-6-8-16(24)20(18)23(22(27)30)12-19(29)26-21-15(23)13-25-28(21)17-9-5-4-7-14(17)2/h3-10,13H,1,11-12H2,2H3,(H,26,29)/t23-/m1/s1. The normalized spacial score (nSPS) is 19.6. The minimum atomic E-state index is -1.21. The Balaban J connectivity index is 1.81. The summed E-state index contributed by atoms with van der Waals surface area (Å²) in [5.74, 6) is 0.0589. The zero-order valence-corrected chi connectivity index (χ0v) is 17.1. The number of hydrogen-bond donors (Lipinski definition) is 1. The van der Waals surface area contributed by atoms with Gasteiger partial charge in [0, 0.05) is 29.1 Å². The fraction of sp³-hybridized carbons (Fsp3) is 0.174. The third-order valence-corrected chi connectivity index (χ3v) is 6.20. The van der Waals surface area contributed by atoms with E-state index >= 15 is 0 Å². The van der Waals surface area contributed by atoms with Crippen LogP contribution in [0.5, 0.6) is 0 Å². The molecule has 2 amide bonds. The van der Waals surface area contributed by atoms with Crippen molar-refractivity contribution in [2.24, 2.45) is 0 Å². The molecule has 3 aromatic rings. The largest absolute Gasteiger partial charge is 0.310 e. The maximum atomic E-state index is 13.8. The molecule has 0 unspecified atom stereocenters. The molecule has 1 spiro atoms. The fourth-order valence-corrected chi connectivity index (χ4v) is 4.94. The molecule has 2 aliphatic heterocycles. The van der Waals surface area contributed by atoms with Gasteiger partial charge in [-0.15, -0.1) is 6.58 Å². The molecule has 0 aliphatic carbocycles. The average molecular weight is 419 g/mol. The second-order valence-corrected chi connectivity index (χ2v) is 7.98. The van der Waals surface area contributed by atoms with E-state index in [1.807, 2.05) is 43.3 Å². The third-order valence-electron chi connectivity index (χ3n) is 5.89. The molecular formula is C23H19ClN4O2. The van der Waals surface area contributed by atoms with Crippen LogP contribution in [0.15, 0.2) is 61.3 Å². The maximum absolute atomic E-state index is 13.8. The Morgan fingerprint density at radius 3 is 2.73 bits per heavy atom. The van der Waals surface area contributed by atoms with Gasteiger partial charge in [0.15, 0.2) is 0 Å². The summed E-state index contributed by atoms with van der Waals surface area (Å²) < 4.78 is 1.68. The van der Waals surface area contributed by atoms with Gasteiger partial charge in [-0.3, -0.25) is 9.59 Å². The quantitative estimate of drug-likeness (QED) is 0.654. The highest BCUT2D eigenvalue weighted by molar-refractivity contribution is 6.34. The van der Waals surface area contributed by atoms with E-state index in [-0.39, 0.29) is 18.2 Å². The van der Waals surface area contributed by atoms with E-state index in [0.29, 0.717) is 34.2 Å². The van der Waals surface area contributed by atoms with Crippen molar-refractivity contribution in [3.05, 3.63) is 83.0 Å². The van der Waals surface area contributed by atoms with Crippen molar-refractivity contribution >= 4 is 34.9 Å². The number of benzene rings is 2. The van der Waals surface area contributed by atoms with Crippen molar-refractivity contribution in [1.29, 1.82) is 0 Å². The predicted octanol–water partition coefficient (Wildman–Crippen LogP) is 4.00. The van der Waals surface area contributed by atoms with Gasteiger partial charge in [-0.25, -0.2) is 4.68 Å². The summed E-state index contributed by atoms with van der Waals surface area (Å²) in [6, 6.07) is 13.2. The molecule has 2 aliphatic rings. The molecule has 2 aromatic carbocycles. The smallest absolute Gasteiger partial charge is 0.243 e. The van der Waals surface area contributed by atoms with Crippen molar-refractivity contribution in [2.75, 3.05) is 16.8 Å². The second kappa shape index (κ2) is 6.57. The molecule has 150 valence electrons. The summed E-state index contributed by atoms with van der Waals surface area (Å²) in [7, 11) is 0. The van der Waals surface area contributed by atoms with Crippen LogP contribution in [-0.2, 0) is 15.0 Å². The predicted molar refractivity (Wildman–Crippen MR) is 116 cm³/mol. The first-order valence-corrected chi connectivity index (χ1v) is 10.0. The summed E-state index contributed by atoms with van der Waals surface area (Å²) in [6.45, 7) is 6.08. The Bertz CT molecular complexity index is 1230. The Kier molecular flexibility index (Phi) is 4.08. The summed E-state index contributed by atoms with van der Waals surface area (Å²) in [5.41, 5.74) is 2.63. The molecule has 0 bridgehead atoms. The van der Waals surface area contributed by atoms with Crippen LogP contribution < -0.4 is 10.2 Å². The number of carbonyl (C=O) groups is 2. The molecule has 1 aromatic heterocycles. The third kappa shape index (κ3) is 2.34. The number of amides is 2. The Morgan fingerprint density at radius 2 is 1.97 bits per heavy atom. The number of fused-ring (bicyclic) bond motifs is 4. The number of rotatable bonds is 3. The molecule has 0 radical (unpaired) electrons. The van der Waals surface area contributed by atoms with Crippen molar-refractivity contribution < 1.29 is 9.59 Å². The summed E-state index contributed by atoms with van der Waals surface area (Å²) >= 11 is 6.62. The van der Waals surface area contributed by atoms with Crippen molar-refractivity contribution in [1.82, 2.24) is 9.78 Å². The molecule has 1 atom stereocenters. The minimum absolute atomic E-state index is 0.0251. The zero-order chi connectivity index (χ0) is 21.0. The summed E-state index contributed by atoms with van der Waals surface area (Å²) in [5, 5.41) is 7.94. The van der Waals surface area contributed by atoms with Gasteiger partial charge in [0.1, 0.15) is 11.2 Å². The number of aryl methyl sites for hydroxylation is 1. The monoisotopic (exact) mass is 418 g/mol. The molecule has 0 saturated carbocycles. The summed E-state index contributed by atoms with van der Waals surface area (Å²) in [4.78, 5) is 28.3.